The minimum Gasteiger partial charge on any atom is -0.491 e. The third-order valence-corrected chi connectivity index (χ3v) is 4.45. The molecule has 19 heavy (non-hydrogen) atoms. The molecule has 0 spiro atoms. The lowest BCUT2D eigenvalue weighted by atomic mass is 10.1. The lowest BCUT2D eigenvalue weighted by molar-refractivity contribution is 0.145. The molecular formula is C15H25NO2S. The van der Waals surface area contributed by atoms with E-state index in [1.807, 2.05) is 36.0 Å². The first-order valence-electron chi connectivity index (χ1n) is 6.76. The topological polar surface area (TPSA) is 44.5 Å². The van der Waals surface area contributed by atoms with Crippen molar-refractivity contribution in [3.8, 4) is 5.75 Å². The molecule has 0 amide bonds. The van der Waals surface area contributed by atoms with Gasteiger partial charge in [-0.2, -0.15) is 11.8 Å². The number of hydrogen-bond acceptors (Lipinski definition) is 4. The quantitative estimate of drug-likeness (QED) is 0.707. The first-order chi connectivity index (χ1) is 9.19. The maximum Gasteiger partial charge on any atom is 0.124 e. The van der Waals surface area contributed by atoms with Crippen LogP contribution in [-0.4, -0.2) is 31.3 Å². The van der Waals surface area contributed by atoms with Gasteiger partial charge in [-0.3, -0.25) is 0 Å². The molecule has 0 heterocycles. The molecule has 0 fully saturated rings. The molecule has 3 nitrogen and oxygen atoms in total. The Bertz CT molecular complexity index is 360. The van der Waals surface area contributed by atoms with Gasteiger partial charge in [0.15, 0.2) is 0 Å². The van der Waals surface area contributed by atoms with Crippen LogP contribution in [0, 0.1) is 0 Å². The van der Waals surface area contributed by atoms with E-state index in [0.717, 1.165) is 17.1 Å². The minimum atomic E-state index is 0.0118. The summed E-state index contributed by atoms with van der Waals surface area (Å²) in [6.07, 6.45) is 1.17. The standard InChI is InChI=1S/C15H25NO2S/c1-4-12(2)19-11-14(16)13-7-5-6-8-15(13)18-10-9-17-3/h5-8,12,14H,4,9-11,16H2,1-3H3. The molecule has 2 N–H and O–H groups in total. The van der Waals surface area contributed by atoms with Gasteiger partial charge >= 0.3 is 0 Å². The van der Waals surface area contributed by atoms with Crippen molar-refractivity contribution in [2.45, 2.75) is 31.6 Å². The zero-order valence-corrected chi connectivity index (χ0v) is 12.9. The van der Waals surface area contributed by atoms with Crippen molar-refractivity contribution in [3.05, 3.63) is 29.8 Å². The van der Waals surface area contributed by atoms with Crippen molar-refractivity contribution in [3.63, 3.8) is 0 Å². The fourth-order valence-electron chi connectivity index (χ4n) is 1.63. The van der Waals surface area contributed by atoms with E-state index in [-0.39, 0.29) is 6.04 Å². The minimum absolute atomic E-state index is 0.0118. The molecule has 0 saturated carbocycles. The molecular weight excluding hydrogens is 258 g/mol. The molecule has 0 aliphatic carbocycles. The highest BCUT2D eigenvalue weighted by atomic mass is 32.2. The smallest absolute Gasteiger partial charge is 0.124 e. The Hall–Kier alpha value is -0.710. The lowest BCUT2D eigenvalue weighted by Gasteiger charge is -2.18. The summed E-state index contributed by atoms with van der Waals surface area (Å²) >= 11 is 1.91. The zero-order chi connectivity index (χ0) is 14.1. The van der Waals surface area contributed by atoms with Crippen LogP contribution in [0.4, 0.5) is 0 Å². The van der Waals surface area contributed by atoms with Crippen molar-refractivity contribution in [2.24, 2.45) is 5.73 Å². The van der Waals surface area contributed by atoms with E-state index in [9.17, 15) is 0 Å². The normalized spacial score (nSPS) is 14.1. The van der Waals surface area contributed by atoms with Crippen LogP contribution in [0.5, 0.6) is 5.75 Å². The van der Waals surface area contributed by atoms with Gasteiger partial charge in [-0.1, -0.05) is 32.0 Å². The SMILES string of the molecule is CCC(C)SCC(N)c1ccccc1OCCOC. The molecule has 0 aliphatic rings. The zero-order valence-electron chi connectivity index (χ0n) is 12.1. The van der Waals surface area contributed by atoms with Gasteiger partial charge in [0.2, 0.25) is 0 Å². The average Bonchev–Trinajstić information content (AvgIpc) is 2.45. The number of thioether (sulfide) groups is 1. The maximum absolute atomic E-state index is 6.27. The highest BCUT2D eigenvalue weighted by Crippen LogP contribution is 2.27. The van der Waals surface area contributed by atoms with Gasteiger partial charge in [0.1, 0.15) is 12.4 Å². The predicted molar refractivity (Wildman–Crippen MR) is 83.0 cm³/mol. The first-order valence-corrected chi connectivity index (χ1v) is 7.81. The molecule has 2 unspecified atom stereocenters. The Balaban J connectivity index is 2.59. The third kappa shape index (κ3) is 5.85. The van der Waals surface area contributed by atoms with Gasteiger partial charge in [-0.15, -0.1) is 0 Å². The molecule has 4 heteroatoms. The first kappa shape index (κ1) is 16.3. The Labute approximate surface area is 120 Å². The largest absolute Gasteiger partial charge is 0.491 e. The second kappa shape index (κ2) is 9.23. The second-order valence-corrected chi connectivity index (χ2v) is 6.01. The van der Waals surface area contributed by atoms with E-state index in [4.69, 9.17) is 15.2 Å². The number of benzene rings is 1. The number of hydrogen-bond donors (Lipinski definition) is 1. The monoisotopic (exact) mass is 283 g/mol. The number of para-hydroxylation sites is 1. The average molecular weight is 283 g/mol. The van der Waals surface area contributed by atoms with E-state index in [0.29, 0.717) is 18.5 Å². The number of ether oxygens (including phenoxy) is 2. The summed E-state index contributed by atoms with van der Waals surface area (Å²) in [6, 6.07) is 8.01. The van der Waals surface area contributed by atoms with Crippen molar-refractivity contribution < 1.29 is 9.47 Å². The Morgan fingerprint density at radius 1 is 1.26 bits per heavy atom. The van der Waals surface area contributed by atoms with E-state index in [1.54, 1.807) is 7.11 Å². The Kier molecular flexibility index (Phi) is 7.94. The van der Waals surface area contributed by atoms with E-state index >= 15 is 0 Å². The number of nitrogens with two attached hydrogens (primary N) is 1. The molecule has 0 saturated heterocycles. The lowest BCUT2D eigenvalue weighted by Crippen LogP contribution is -2.16. The van der Waals surface area contributed by atoms with Gasteiger partial charge in [-0.05, 0) is 12.5 Å². The summed E-state index contributed by atoms with van der Waals surface area (Å²) < 4.78 is 10.7. The highest BCUT2D eigenvalue weighted by Gasteiger charge is 2.13. The predicted octanol–water partition coefficient (Wildman–Crippen LogP) is 3.24. The number of methoxy groups -OCH3 is 1. The van der Waals surface area contributed by atoms with Crippen LogP contribution in [0.15, 0.2) is 24.3 Å². The van der Waals surface area contributed by atoms with Crippen LogP contribution in [-0.2, 0) is 4.74 Å². The van der Waals surface area contributed by atoms with Crippen LogP contribution in [0.2, 0.25) is 0 Å². The van der Waals surface area contributed by atoms with Crippen LogP contribution in [0.1, 0.15) is 31.9 Å². The molecule has 1 aromatic rings. The van der Waals surface area contributed by atoms with Crippen LogP contribution in [0.3, 0.4) is 0 Å². The van der Waals surface area contributed by atoms with E-state index < -0.39 is 0 Å². The molecule has 1 aromatic carbocycles. The maximum atomic E-state index is 6.27. The molecule has 0 aromatic heterocycles. The summed E-state index contributed by atoms with van der Waals surface area (Å²) in [6.45, 7) is 5.58. The van der Waals surface area contributed by atoms with Crippen LogP contribution < -0.4 is 10.5 Å². The van der Waals surface area contributed by atoms with Gasteiger partial charge < -0.3 is 15.2 Å². The van der Waals surface area contributed by atoms with E-state index in [1.165, 1.54) is 6.42 Å². The van der Waals surface area contributed by atoms with Crippen LogP contribution in [0.25, 0.3) is 0 Å². The molecule has 1 rings (SSSR count). The van der Waals surface area contributed by atoms with Crippen LogP contribution >= 0.6 is 11.8 Å². The molecule has 0 bridgehead atoms. The van der Waals surface area contributed by atoms with Crippen molar-refractivity contribution in [1.29, 1.82) is 0 Å². The Morgan fingerprint density at radius 2 is 2.00 bits per heavy atom. The second-order valence-electron chi connectivity index (χ2n) is 4.54. The van der Waals surface area contributed by atoms with Crippen molar-refractivity contribution >= 4 is 11.8 Å². The van der Waals surface area contributed by atoms with Gasteiger partial charge in [0.05, 0.1) is 6.61 Å². The summed E-state index contributed by atoms with van der Waals surface area (Å²) in [4.78, 5) is 0. The van der Waals surface area contributed by atoms with E-state index in [2.05, 4.69) is 13.8 Å². The summed E-state index contributed by atoms with van der Waals surface area (Å²) in [5.41, 5.74) is 7.35. The third-order valence-electron chi connectivity index (χ3n) is 3.00. The number of rotatable bonds is 9. The van der Waals surface area contributed by atoms with Crippen molar-refractivity contribution in [2.75, 3.05) is 26.1 Å². The summed E-state index contributed by atoms with van der Waals surface area (Å²) in [7, 11) is 1.67. The highest BCUT2D eigenvalue weighted by molar-refractivity contribution is 7.99. The molecule has 2 atom stereocenters. The van der Waals surface area contributed by atoms with Gasteiger partial charge in [0.25, 0.3) is 0 Å². The summed E-state index contributed by atoms with van der Waals surface area (Å²) in [5.74, 6) is 1.79. The van der Waals surface area contributed by atoms with Gasteiger partial charge in [0, 0.05) is 29.7 Å². The molecule has 108 valence electrons. The fourth-order valence-corrected chi connectivity index (χ4v) is 2.58. The van der Waals surface area contributed by atoms with Crippen molar-refractivity contribution in [1.82, 2.24) is 0 Å². The molecule has 0 aliphatic heterocycles. The molecule has 0 radical (unpaired) electrons. The summed E-state index contributed by atoms with van der Waals surface area (Å²) in [5, 5.41) is 0.646. The Morgan fingerprint density at radius 3 is 2.68 bits per heavy atom. The fraction of sp³-hybridized carbons (Fsp3) is 0.600. The van der Waals surface area contributed by atoms with Gasteiger partial charge in [-0.25, -0.2) is 0 Å².